The van der Waals surface area contributed by atoms with Crippen LogP contribution in [0.15, 0.2) is 54.6 Å². The zero-order chi connectivity index (χ0) is 16.7. The number of benzene rings is 2. The van der Waals surface area contributed by atoms with Crippen LogP contribution in [0.1, 0.15) is 5.56 Å². The highest BCUT2D eigenvalue weighted by Crippen LogP contribution is 2.16. The van der Waals surface area contributed by atoms with Gasteiger partial charge in [-0.1, -0.05) is 48.0 Å². The summed E-state index contributed by atoms with van der Waals surface area (Å²) in [4.78, 5) is 13.9. The van der Waals surface area contributed by atoms with Crippen molar-refractivity contribution in [1.29, 1.82) is 0 Å². The molecule has 0 aliphatic heterocycles. The van der Waals surface area contributed by atoms with Gasteiger partial charge in [-0.15, -0.1) is 0 Å². The van der Waals surface area contributed by atoms with Crippen LogP contribution in [0.2, 0.25) is 5.02 Å². The summed E-state index contributed by atoms with van der Waals surface area (Å²) in [6.45, 7) is 0.856. The van der Waals surface area contributed by atoms with Gasteiger partial charge in [0.05, 0.1) is 12.6 Å². The van der Waals surface area contributed by atoms with Crippen molar-refractivity contribution in [3.63, 3.8) is 0 Å². The second-order valence-electron chi connectivity index (χ2n) is 5.36. The van der Waals surface area contributed by atoms with Crippen molar-refractivity contribution >= 4 is 17.5 Å². The fourth-order valence-corrected chi connectivity index (χ4v) is 2.39. The first-order valence-electron chi connectivity index (χ1n) is 7.49. The Morgan fingerprint density at radius 2 is 1.96 bits per heavy atom. The predicted molar refractivity (Wildman–Crippen MR) is 92.7 cm³/mol. The van der Waals surface area contributed by atoms with Gasteiger partial charge in [0.15, 0.2) is 0 Å². The molecule has 0 saturated carbocycles. The molecule has 0 aromatic heterocycles. The molecule has 0 aliphatic carbocycles. The van der Waals surface area contributed by atoms with Crippen LogP contribution in [0, 0.1) is 0 Å². The Morgan fingerprint density at radius 1 is 1.22 bits per heavy atom. The number of ether oxygens (including phenoxy) is 1. The number of nitrogens with two attached hydrogens (primary N) is 1. The first-order valence-corrected chi connectivity index (χ1v) is 7.87. The molecule has 0 fully saturated rings. The van der Waals surface area contributed by atoms with E-state index in [1.165, 1.54) is 0 Å². The minimum absolute atomic E-state index is 0.0939. The van der Waals surface area contributed by atoms with E-state index >= 15 is 0 Å². The molecule has 2 aromatic rings. The van der Waals surface area contributed by atoms with Gasteiger partial charge in [-0.25, -0.2) is 0 Å². The molecule has 0 radical (unpaired) electrons. The second-order valence-corrected chi connectivity index (χ2v) is 5.80. The summed E-state index contributed by atoms with van der Waals surface area (Å²) in [5.41, 5.74) is 7.06. The molecule has 2 aromatic carbocycles. The van der Waals surface area contributed by atoms with Gasteiger partial charge in [0.1, 0.15) is 12.4 Å². The van der Waals surface area contributed by atoms with E-state index in [0.29, 0.717) is 30.3 Å². The highest BCUT2D eigenvalue weighted by molar-refractivity contribution is 6.30. The lowest BCUT2D eigenvalue weighted by molar-refractivity contribution is -0.131. The van der Waals surface area contributed by atoms with Gasteiger partial charge >= 0.3 is 0 Å². The fourth-order valence-electron chi connectivity index (χ4n) is 2.21. The first-order chi connectivity index (χ1) is 11.1. The highest BCUT2D eigenvalue weighted by Gasteiger charge is 2.18. The molecule has 2 N–H and O–H groups in total. The van der Waals surface area contributed by atoms with Crippen molar-refractivity contribution < 1.29 is 9.53 Å². The monoisotopic (exact) mass is 332 g/mol. The van der Waals surface area contributed by atoms with Crippen molar-refractivity contribution in [3.8, 4) is 5.75 Å². The van der Waals surface area contributed by atoms with Crippen LogP contribution in [0.25, 0.3) is 0 Å². The Kier molecular flexibility index (Phi) is 6.44. The fraction of sp³-hybridized carbons (Fsp3) is 0.278. The highest BCUT2D eigenvalue weighted by atomic mass is 35.5. The average Bonchev–Trinajstić information content (AvgIpc) is 2.55. The Bertz CT molecular complexity index is 634. The number of hydrogen-bond donors (Lipinski definition) is 1. The number of carbonyl (C=O) groups excluding carboxylic acids is 1. The summed E-state index contributed by atoms with van der Waals surface area (Å²) in [6, 6.07) is 16.4. The number of likely N-dealkylation sites (N-methyl/N-ethyl adjacent to an activating group) is 1. The minimum atomic E-state index is -0.548. The summed E-state index contributed by atoms with van der Waals surface area (Å²) in [5, 5.41) is 0.622. The Morgan fingerprint density at radius 3 is 2.65 bits per heavy atom. The van der Waals surface area contributed by atoms with Crippen LogP contribution in [0.4, 0.5) is 0 Å². The Labute approximate surface area is 141 Å². The number of rotatable bonds is 7. The van der Waals surface area contributed by atoms with Crippen LogP contribution in [-0.4, -0.2) is 37.0 Å². The van der Waals surface area contributed by atoms with Gasteiger partial charge in [-0.2, -0.15) is 0 Å². The van der Waals surface area contributed by atoms with E-state index in [1.54, 1.807) is 24.1 Å². The molecule has 0 bridgehead atoms. The molecule has 1 amide bonds. The van der Waals surface area contributed by atoms with E-state index in [4.69, 9.17) is 22.1 Å². The number of amides is 1. The SMILES string of the molecule is CN(CCOc1cccc(Cl)c1)C(=O)C(N)Cc1ccccc1. The lowest BCUT2D eigenvalue weighted by Crippen LogP contribution is -2.44. The summed E-state index contributed by atoms with van der Waals surface area (Å²) >= 11 is 5.89. The second kappa shape index (κ2) is 8.56. The molecule has 1 unspecified atom stereocenters. The summed E-state index contributed by atoms with van der Waals surface area (Å²) in [7, 11) is 1.73. The number of halogens is 1. The molecule has 0 aliphatic rings. The van der Waals surface area contributed by atoms with E-state index in [0.717, 1.165) is 5.56 Å². The summed E-state index contributed by atoms with van der Waals surface area (Å²) in [6.07, 6.45) is 0.527. The van der Waals surface area contributed by atoms with Crippen LogP contribution in [0.3, 0.4) is 0 Å². The van der Waals surface area contributed by atoms with Crippen LogP contribution in [-0.2, 0) is 11.2 Å². The molecule has 2 rings (SSSR count). The van der Waals surface area contributed by atoms with Crippen LogP contribution < -0.4 is 10.5 Å². The van der Waals surface area contributed by atoms with E-state index < -0.39 is 6.04 Å². The minimum Gasteiger partial charge on any atom is -0.492 e. The molecule has 4 nitrogen and oxygen atoms in total. The van der Waals surface area contributed by atoms with E-state index in [-0.39, 0.29) is 5.91 Å². The van der Waals surface area contributed by atoms with E-state index in [2.05, 4.69) is 0 Å². The maximum absolute atomic E-state index is 12.3. The smallest absolute Gasteiger partial charge is 0.239 e. The molecular weight excluding hydrogens is 312 g/mol. The summed E-state index contributed by atoms with van der Waals surface area (Å²) in [5.74, 6) is 0.593. The van der Waals surface area contributed by atoms with Crippen LogP contribution in [0.5, 0.6) is 5.75 Å². The third-order valence-corrected chi connectivity index (χ3v) is 3.72. The largest absolute Gasteiger partial charge is 0.492 e. The molecular formula is C18H21ClN2O2. The van der Waals surface area contributed by atoms with Gasteiger partial charge in [-0.3, -0.25) is 4.79 Å². The van der Waals surface area contributed by atoms with E-state index in [9.17, 15) is 4.79 Å². The standard InChI is InChI=1S/C18H21ClN2O2/c1-21(10-11-23-16-9-5-8-15(19)13-16)18(22)17(20)12-14-6-3-2-4-7-14/h2-9,13,17H,10-12,20H2,1H3. The average molecular weight is 333 g/mol. The van der Waals surface area contributed by atoms with Gasteiger partial charge in [0.25, 0.3) is 0 Å². The predicted octanol–water partition coefficient (Wildman–Crippen LogP) is 2.75. The molecule has 23 heavy (non-hydrogen) atoms. The Balaban J connectivity index is 1.78. The molecule has 0 saturated heterocycles. The lowest BCUT2D eigenvalue weighted by Gasteiger charge is -2.21. The molecule has 1 atom stereocenters. The van der Waals surface area contributed by atoms with Crippen LogP contribution >= 0.6 is 11.6 Å². The number of nitrogens with zero attached hydrogens (tertiary/aromatic N) is 1. The maximum atomic E-state index is 12.3. The topological polar surface area (TPSA) is 55.6 Å². The van der Waals surface area contributed by atoms with Crippen molar-refractivity contribution in [1.82, 2.24) is 4.90 Å². The zero-order valence-corrected chi connectivity index (χ0v) is 13.9. The lowest BCUT2D eigenvalue weighted by atomic mass is 10.1. The van der Waals surface area contributed by atoms with Gasteiger partial charge in [0, 0.05) is 12.1 Å². The van der Waals surface area contributed by atoms with Crippen molar-refractivity contribution in [2.24, 2.45) is 5.73 Å². The molecule has 0 spiro atoms. The van der Waals surface area contributed by atoms with Gasteiger partial charge in [0.2, 0.25) is 5.91 Å². The third-order valence-electron chi connectivity index (χ3n) is 3.48. The van der Waals surface area contributed by atoms with Gasteiger partial charge in [-0.05, 0) is 30.2 Å². The number of hydrogen-bond acceptors (Lipinski definition) is 3. The quantitative estimate of drug-likeness (QED) is 0.848. The molecule has 5 heteroatoms. The normalized spacial score (nSPS) is 11.8. The molecule has 122 valence electrons. The maximum Gasteiger partial charge on any atom is 0.239 e. The van der Waals surface area contributed by atoms with E-state index in [1.807, 2.05) is 42.5 Å². The van der Waals surface area contributed by atoms with Crippen molar-refractivity contribution in [2.75, 3.05) is 20.2 Å². The summed E-state index contributed by atoms with van der Waals surface area (Å²) < 4.78 is 5.59. The van der Waals surface area contributed by atoms with Crippen molar-refractivity contribution in [3.05, 3.63) is 65.2 Å². The molecule has 0 heterocycles. The van der Waals surface area contributed by atoms with Gasteiger partial charge < -0.3 is 15.4 Å². The number of carbonyl (C=O) groups is 1. The Hall–Kier alpha value is -2.04. The zero-order valence-electron chi connectivity index (χ0n) is 13.1. The third kappa shape index (κ3) is 5.58. The first kappa shape index (κ1) is 17.3. The van der Waals surface area contributed by atoms with Crippen molar-refractivity contribution in [2.45, 2.75) is 12.5 Å².